The molecule has 2 aromatic carbocycles. The zero-order valence-corrected chi connectivity index (χ0v) is 14.9. The number of halogens is 2. The molecule has 0 aliphatic carbocycles. The maximum atomic E-state index is 12.2. The van der Waals surface area contributed by atoms with Gasteiger partial charge in [-0.05, 0) is 31.2 Å². The van der Waals surface area contributed by atoms with Crippen LogP contribution in [0.4, 0.5) is 17.1 Å². The number of hydrogen-bond donors (Lipinski definition) is 2. The Hall–Kier alpha value is -2.84. The number of rotatable bonds is 5. The first-order valence-corrected chi connectivity index (χ1v) is 7.96. The second kappa shape index (κ2) is 8.03. The van der Waals surface area contributed by atoms with Crippen LogP contribution < -0.4 is 11.1 Å². The van der Waals surface area contributed by atoms with Crippen LogP contribution >= 0.6 is 23.2 Å². The molecule has 136 valence electrons. The molecule has 2 rings (SSSR count). The predicted octanol–water partition coefficient (Wildman–Crippen LogP) is 3.67. The molecule has 0 fully saturated rings. The number of benzene rings is 2. The van der Waals surface area contributed by atoms with E-state index < -0.39 is 28.6 Å². The van der Waals surface area contributed by atoms with Gasteiger partial charge in [-0.15, -0.1) is 0 Å². The van der Waals surface area contributed by atoms with Crippen LogP contribution in [0.25, 0.3) is 0 Å². The number of anilines is 2. The van der Waals surface area contributed by atoms with Crippen LogP contribution in [-0.4, -0.2) is 22.9 Å². The van der Waals surface area contributed by atoms with Crippen molar-refractivity contribution in [2.45, 2.75) is 13.0 Å². The van der Waals surface area contributed by atoms with Gasteiger partial charge in [0.25, 0.3) is 11.6 Å². The number of hydrogen-bond acceptors (Lipinski definition) is 6. The summed E-state index contributed by atoms with van der Waals surface area (Å²) in [5, 5.41) is 13.8. The van der Waals surface area contributed by atoms with Crippen LogP contribution in [0.5, 0.6) is 0 Å². The standard InChI is InChI=1S/C16H13Cl2N3O5/c1-8(15(22)20-12-4-2-3-10(17)14(12)18)26-16(23)9-5-6-11(19)13(7-9)21(24)25/h2-8H,19H2,1H3,(H,20,22). The Morgan fingerprint density at radius 1 is 1.27 bits per heavy atom. The van der Waals surface area contributed by atoms with Gasteiger partial charge < -0.3 is 15.8 Å². The van der Waals surface area contributed by atoms with E-state index in [-0.39, 0.29) is 27.0 Å². The molecule has 3 N–H and O–H groups in total. The predicted molar refractivity (Wildman–Crippen MR) is 97.5 cm³/mol. The lowest BCUT2D eigenvalue weighted by molar-refractivity contribution is -0.383. The number of nitro benzene ring substituents is 1. The summed E-state index contributed by atoms with van der Waals surface area (Å²) < 4.78 is 5.02. The minimum atomic E-state index is -1.19. The molecule has 1 atom stereocenters. The molecule has 0 spiro atoms. The summed E-state index contributed by atoms with van der Waals surface area (Å²) in [6.45, 7) is 1.34. The Balaban J connectivity index is 2.09. The number of esters is 1. The van der Waals surface area contributed by atoms with E-state index in [0.29, 0.717) is 0 Å². The zero-order chi connectivity index (χ0) is 19.4. The summed E-state index contributed by atoms with van der Waals surface area (Å²) in [4.78, 5) is 34.4. The summed E-state index contributed by atoms with van der Waals surface area (Å²) >= 11 is 11.8. The second-order valence-electron chi connectivity index (χ2n) is 5.17. The van der Waals surface area contributed by atoms with Gasteiger partial charge >= 0.3 is 5.97 Å². The first-order chi connectivity index (χ1) is 12.2. The van der Waals surface area contributed by atoms with Gasteiger partial charge in [0.2, 0.25) is 0 Å². The average molecular weight is 398 g/mol. The van der Waals surface area contributed by atoms with Gasteiger partial charge in [0.15, 0.2) is 6.10 Å². The van der Waals surface area contributed by atoms with Crippen molar-refractivity contribution in [3.8, 4) is 0 Å². The van der Waals surface area contributed by atoms with E-state index in [1.54, 1.807) is 12.1 Å². The molecule has 0 aliphatic rings. The SMILES string of the molecule is CC(OC(=O)c1ccc(N)c([N+](=O)[O-])c1)C(=O)Nc1cccc(Cl)c1Cl. The molecule has 2 aromatic rings. The lowest BCUT2D eigenvalue weighted by Crippen LogP contribution is -2.30. The summed E-state index contributed by atoms with van der Waals surface area (Å²) in [5.41, 5.74) is 5.11. The van der Waals surface area contributed by atoms with Crippen molar-refractivity contribution in [2.24, 2.45) is 0 Å². The quantitative estimate of drug-likeness (QED) is 0.343. The minimum Gasteiger partial charge on any atom is -0.449 e. The molecule has 0 aliphatic heterocycles. The number of ether oxygens (including phenoxy) is 1. The maximum Gasteiger partial charge on any atom is 0.339 e. The van der Waals surface area contributed by atoms with Crippen LogP contribution in [0.15, 0.2) is 36.4 Å². The Kier molecular flexibility index (Phi) is 6.01. The molecule has 0 radical (unpaired) electrons. The van der Waals surface area contributed by atoms with E-state index in [1.807, 2.05) is 0 Å². The van der Waals surface area contributed by atoms with Crippen molar-refractivity contribution >= 4 is 52.1 Å². The normalized spacial score (nSPS) is 11.5. The molecule has 10 heteroatoms. The number of carbonyl (C=O) groups is 2. The molecule has 0 aromatic heterocycles. The van der Waals surface area contributed by atoms with E-state index in [9.17, 15) is 19.7 Å². The number of carbonyl (C=O) groups excluding carboxylic acids is 2. The molecule has 1 unspecified atom stereocenters. The lowest BCUT2D eigenvalue weighted by Gasteiger charge is -2.14. The molecule has 26 heavy (non-hydrogen) atoms. The van der Waals surface area contributed by atoms with Gasteiger partial charge in [-0.3, -0.25) is 14.9 Å². The fourth-order valence-electron chi connectivity index (χ4n) is 1.95. The molecule has 1 amide bonds. The number of amides is 1. The topological polar surface area (TPSA) is 125 Å². The minimum absolute atomic E-state index is 0.0899. The highest BCUT2D eigenvalue weighted by molar-refractivity contribution is 6.44. The average Bonchev–Trinajstić information content (AvgIpc) is 2.58. The van der Waals surface area contributed by atoms with Crippen molar-refractivity contribution in [1.82, 2.24) is 0 Å². The molecule has 8 nitrogen and oxygen atoms in total. The number of nitrogens with two attached hydrogens (primary N) is 1. The van der Waals surface area contributed by atoms with Crippen molar-refractivity contribution in [1.29, 1.82) is 0 Å². The fourth-order valence-corrected chi connectivity index (χ4v) is 2.29. The Labute approximate surface area is 158 Å². The number of nitrogens with one attached hydrogen (secondary N) is 1. The van der Waals surface area contributed by atoms with Crippen LogP contribution in [-0.2, 0) is 9.53 Å². The highest BCUT2D eigenvalue weighted by Gasteiger charge is 2.22. The third kappa shape index (κ3) is 4.41. The smallest absolute Gasteiger partial charge is 0.339 e. The number of nitrogen functional groups attached to an aromatic ring is 1. The monoisotopic (exact) mass is 397 g/mol. The molecule has 0 heterocycles. The van der Waals surface area contributed by atoms with Gasteiger partial charge in [0, 0.05) is 6.07 Å². The molecular formula is C16H13Cl2N3O5. The van der Waals surface area contributed by atoms with Crippen LogP contribution in [0.3, 0.4) is 0 Å². The molecular weight excluding hydrogens is 385 g/mol. The van der Waals surface area contributed by atoms with E-state index >= 15 is 0 Å². The van der Waals surface area contributed by atoms with E-state index in [4.69, 9.17) is 33.7 Å². The van der Waals surface area contributed by atoms with Gasteiger partial charge in [-0.25, -0.2) is 4.79 Å². The highest BCUT2D eigenvalue weighted by atomic mass is 35.5. The van der Waals surface area contributed by atoms with Crippen molar-refractivity contribution in [3.63, 3.8) is 0 Å². The number of nitro groups is 1. The van der Waals surface area contributed by atoms with Gasteiger partial charge in [-0.1, -0.05) is 29.3 Å². The third-order valence-corrected chi connectivity index (χ3v) is 4.14. The zero-order valence-electron chi connectivity index (χ0n) is 13.4. The van der Waals surface area contributed by atoms with Crippen LogP contribution in [0.1, 0.15) is 17.3 Å². The summed E-state index contributed by atoms with van der Waals surface area (Å²) in [6.07, 6.45) is -1.19. The van der Waals surface area contributed by atoms with E-state index in [2.05, 4.69) is 5.32 Å². The largest absolute Gasteiger partial charge is 0.449 e. The summed E-state index contributed by atoms with van der Waals surface area (Å²) in [5.74, 6) is -1.56. The van der Waals surface area contributed by atoms with Gasteiger partial charge in [0.1, 0.15) is 5.69 Å². The molecule has 0 saturated carbocycles. The third-order valence-electron chi connectivity index (χ3n) is 3.33. The lowest BCUT2D eigenvalue weighted by atomic mass is 10.2. The Morgan fingerprint density at radius 3 is 2.62 bits per heavy atom. The van der Waals surface area contributed by atoms with Gasteiger partial charge in [0.05, 0.1) is 26.2 Å². The number of nitrogens with zero attached hydrogens (tertiary/aromatic N) is 1. The first-order valence-electron chi connectivity index (χ1n) is 7.20. The van der Waals surface area contributed by atoms with Crippen LogP contribution in [0, 0.1) is 10.1 Å². The van der Waals surface area contributed by atoms with E-state index in [0.717, 1.165) is 6.07 Å². The van der Waals surface area contributed by atoms with Crippen molar-refractivity contribution in [3.05, 3.63) is 62.1 Å². The van der Waals surface area contributed by atoms with Gasteiger partial charge in [-0.2, -0.15) is 0 Å². The van der Waals surface area contributed by atoms with E-state index in [1.165, 1.54) is 25.1 Å². The maximum absolute atomic E-state index is 12.2. The summed E-state index contributed by atoms with van der Waals surface area (Å²) in [6, 6.07) is 8.14. The molecule has 0 saturated heterocycles. The van der Waals surface area contributed by atoms with Crippen molar-refractivity contribution < 1.29 is 19.2 Å². The summed E-state index contributed by atoms with van der Waals surface area (Å²) in [7, 11) is 0. The molecule has 0 bridgehead atoms. The Morgan fingerprint density at radius 2 is 1.96 bits per heavy atom. The Bertz CT molecular complexity index is 888. The first kappa shape index (κ1) is 19.5. The second-order valence-corrected chi connectivity index (χ2v) is 5.95. The van der Waals surface area contributed by atoms with Crippen molar-refractivity contribution in [2.75, 3.05) is 11.1 Å². The fraction of sp³-hybridized carbons (Fsp3) is 0.125. The van der Waals surface area contributed by atoms with Crippen LogP contribution in [0.2, 0.25) is 10.0 Å². The highest BCUT2D eigenvalue weighted by Crippen LogP contribution is 2.29.